The third-order valence-corrected chi connectivity index (χ3v) is 21.0. The summed E-state index contributed by atoms with van der Waals surface area (Å²) in [6.45, 7) is 13.1. The molecule has 0 bridgehead atoms. The Kier molecular flexibility index (Phi) is 18.8. The molecule has 4 N–H and O–H groups in total. The van der Waals surface area contributed by atoms with E-state index in [9.17, 15) is 24.9 Å². The highest BCUT2D eigenvalue weighted by molar-refractivity contribution is 7.59. The molecule has 0 unspecified atom stereocenters. The zero-order valence-electron chi connectivity index (χ0n) is 42.2. The van der Waals surface area contributed by atoms with Crippen LogP contribution >= 0.6 is 13.5 Å². The first-order valence-electron chi connectivity index (χ1n) is 26.6. The van der Waals surface area contributed by atoms with Crippen molar-refractivity contribution in [3.8, 4) is 0 Å². The summed E-state index contributed by atoms with van der Waals surface area (Å²) in [7, 11) is 3.99. The molecule has 8 heteroatoms. The van der Waals surface area contributed by atoms with Crippen molar-refractivity contribution in [1.82, 2.24) is 10.2 Å². The highest BCUT2D eigenvalue weighted by Gasteiger charge is 2.61. The molecule has 0 radical (unpaired) electrons. The molecule has 0 spiro atoms. The molecule has 0 aromatic heterocycles. The topological polar surface area (TPSA) is 110 Å². The normalized spacial score (nSPS) is 41.5. The molecule has 8 aliphatic rings. The van der Waals surface area contributed by atoms with Crippen molar-refractivity contribution in [2.45, 2.75) is 195 Å². The van der Waals surface area contributed by atoms with E-state index in [1.807, 2.05) is 45.0 Å². The first kappa shape index (κ1) is 56.5. The van der Waals surface area contributed by atoms with Crippen LogP contribution in [0.15, 0.2) is 60.7 Å². The summed E-state index contributed by atoms with van der Waals surface area (Å²) >= 11 is 0. The monoisotopic (exact) mass is 959 g/mol. The van der Waals surface area contributed by atoms with E-state index in [-0.39, 0.29) is 57.1 Å². The maximum Gasteiger partial charge on any atom is 0.307 e. The number of carboxylic acids is 1. The van der Waals surface area contributed by atoms with Crippen molar-refractivity contribution in [1.29, 1.82) is 0 Å². The molecule has 18 atom stereocenters. The summed E-state index contributed by atoms with van der Waals surface area (Å²) in [5, 5.41) is 33.9. The van der Waals surface area contributed by atoms with Gasteiger partial charge in [0.1, 0.15) is 0 Å². The number of nitrogens with zero attached hydrogens (tertiary/aromatic N) is 1. The van der Waals surface area contributed by atoms with Gasteiger partial charge in [-0.05, 0) is 231 Å². The van der Waals surface area contributed by atoms with Gasteiger partial charge in [0.05, 0.1) is 23.2 Å². The number of nitrogens with one attached hydrogen (secondary N) is 1. The van der Waals surface area contributed by atoms with Gasteiger partial charge in [-0.2, -0.15) is 13.5 Å². The fraction of sp³-hybridized carbons (Fsp3) is 0.767. The van der Waals surface area contributed by atoms with Crippen molar-refractivity contribution in [3.05, 3.63) is 71.8 Å². The predicted molar refractivity (Wildman–Crippen MR) is 285 cm³/mol. The number of benzene rings is 2. The Balaban J connectivity index is 0.000000210. The number of fused-ring (bicyclic) bond motifs is 10. The summed E-state index contributed by atoms with van der Waals surface area (Å²) in [5.74, 6) is 7.43. The Bertz CT molecular complexity index is 1930. The molecule has 8 fully saturated rings. The third-order valence-electron chi connectivity index (χ3n) is 21.0. The second-order valence-electron chi connectivity index (χ2n) is 24.5. The predicted octanol–water partition coefficient (Wildman–Crippen LogP) is 13.7. The molecule has 68 heavy (non-hydrogen) atoms. The van der Waals surface area contributed by atoms with Crippen LogP contribution in [0.5, 0.6) is 0 Å². The van der Waals surface area contributed by atoms with E-state index in [1.165, 1.54) is 75.3 Å². The highest BCUT2D eigenvalue weighted by Crippen LogP contribution is 2.66. The smallest absolute Gasteiger partial charge is 0.307 e. The zero-order chi connectivity index (χ0) is 46.5. The van der Waals surface area contributed by atoms with E-state index in [0.717, 1.165) is 92.8 Å². The number of hydrogen-bond acceptors (Lipinski definition) is 5. The van der Waals surface area contributed by atoms with Gasteiger partial charge in [-0.15, -0.1) is 0 Å². The quantitative estimate of drug-likeness (QED) is 0.230. The molecule has 8 saturated carbocycles. The van der Waals surface area contributed by atoms with Gasteiger partial charge >= 0.3 is 5.97 Å². The first-order chi connectivity index (χ1) is 30.9. The lowest BCUT2D eigenvalue weighted by Crippen LogP contribution is -2.52. The van der Waals surface area contributed by atoms with Crippen LogP contribution in [0.3, 0.4) is 0 Å². The minimum atomic E-state index is -0.559. The lowest BCUT2D eigenvalue weighted by atomic mass is 9.49. The van der Waals surface area contributed by atoms with Crippen LogP contribution in [0.1, 0.15) is 195 Å². The van der Waals surface area contributed by atoms with Crippen molar-refractivity contribution in [3.63, 3.8) is 0 Å². The molecule has 384 valence electrons. The summed E-state index contributed by atoms with van der Waals surface area (Å²) in [6, 6.07) is 21.4. The van der Waals surface area contributed by atoms with E-state index in [4.69, 9.17) is 0 Å². The molecule has 7 nitrogen and oxygen atoms in total. The van der Waals surface area contributed by atoms with Gasteiger partial charge in [0.25, 0.3) is 0 Å². The molecular weight excluding hydrogens is 861 g/mol. The van der Waals surface area contributed by atoms with Crippen LogP contribution in [-0.4, -0.2) is 57.4 Å². The maximum atomic E-state index is 13.8. The fourth-order valence-corrected chi connectivity index (χ4v) is 17.3. The lowest BCUT2D eigenvalue weighted by molar-refractivity contribution is -0.150. The minimum absolute atomic E-state index is 0. The van der Waals surface area contributed by atoms with Crippen LogP contribution in [0, 0.1) is 81.8 Å². The van der Waals surface area contributed by atoms with Crippen LogP contribution in [0.4, 0.5) is 0 Å². The van der Waals surface area contributed by atoms with E-state index >= 15 is 0 Å². The van der Waals surface area contributed by atoms with Crippen LogP contribution in [0.25, 0.3) is 0 Å². The zero-order valence-corrected chi connectivity index (χ0v) is 43.2. The lowest BCUT2D eigenvalue weighted by Gasteiger charge is -2.57. The molecule has 0 aliphatic heterocycles. The first-order valence-corrected chi connectivity index (χ1v) is 26.6. The average Bonchev–Trinajstić information content (AvgIpc) is 3.85. The van der Waals surface area contributed by atoms with Crippen LogP contribution < -0.4 is 5.32 Å². The second kappa shape index (κ2) is 22.6. The summed E-state index contributed by atoms with van der Waals surface area (Å²) in [6.07, 6.45) is 20.6. The second-order valence-corrected chi connectivity index (χ2v) is 24.5. The van der Waals surface area contributed by atoms with Gasteiger partial charge in [-0.25, -0.2) is 0 Å². The summed E-state index contributed by atoms with van der Waals surface area (Å²) in [5.41, 5.74) is 1.87. The molecule has 1 amide bonds. The molecule has 0 saturated heterocycles. The number of rotatable bonds is 6. The molecule has 10 rings (SSSR count). The van der Waals surface area contributed by atoms with Crippen molar-refractivity contribution >= 4 is 25.4 Å². The number of carbonyl (C=O) groups excluding carboxylic acids is 1. The van der Waals surface area contributed by atoms with Gasteiger partial charge in [0.2, 0.25) is 5.91 Å². The van der Waals surface area contributed by atoms with Gasteiger partial charge in [0, 0.05) is 19.0 Å². The van der Waals surface area contributed by atoms with Crippen LogP contribution in [0.2, 0.25) is 0 Å². The van der Waals surface area contributed by atoms with E-state index < -0.39 is 17.2 Å². The Morgan fingerprint density at radius 2 is 0.985 bits per heavy atom. The summed E-state index contributed by atoms with van der Waals surface area (Å²) in [4.78, 5) is 27.5. The number of aliphatic hydroxyl groups is 2. The third kappa shape index (κ3) is 11.1. The number of carbonyl (C=O) groups is 2. The van der Waals surface area contributed by atoms with Gasteiger partial charge in [0.15, 0.2) is 0 Å². The number of carboxylic acid groups (broad SMARTS) is 1. The molecular formula is C60H98N2O5S. The van der Waals surface area contributed by atoms with Gasteiger partial charge in [-0.3, -0.25) is 9.59 Å². The Hall–Kier alpha value is -2.39. The van der Waals surface area contributed by atoms with E-state index in [2.05, 4.69) is 81.5 Å². The summed E-state index contributed by atoms with van der Waals surface area (Å²) < 4.78 is 0. The van der Waals surface area contributed by atoms with Crippen LogP contribution in [-0.2, 0) is 9.59 Å². The minimum Gasteiger partial charge on any atom is -0.481 e. The Morgan fingerprint density at radius 3 is 1.43 bits per heavy atom. The van der Waals surface area contributed by atoms with Crippen molar-refractivity contribution in [2.24, 2.45) is 81.8 Å². The molecule has 2 aromatic carbocycles. The number of hydrogen-bond donors (Lipinski definition) is 4. The molecule has 2 aromatic rings. The molecule has 8 aliphatic carbocycles. The van der Waals surface area contributed by atoms with E-state index in [1.54, 1.807) is 0 Å². The van der Waals surface area contributed by atoms with Gasteiger partial charge < -0.3 is 25.5 Å². The largest absolute Gasteiger partial charge is 0.481 e. The van der Waals surface area contributed by atoms with Crippen molar-refractivity contribution < 1.29 is 24.9 Å². The Labute approximate surface area is 421 Å². The fourth-order valence-electron chi connectivity index (χ4n) is 17.3. The van der Waals surface area contributed by atoms with Crippen molar-refractivity contribution in [2.75, 3.05) is 14.1 Å². The molecule has 0 heterocycles. The number of amides is 1. The number of aliphatic carboxylic acids is 1. The van der Waals surface area contributed by atoms with Gasteiger partial charge in [-0.1, -0.05) is 89.4 Å². The van der Waals surface area contributed by atoms with E-state index in [0.29, 0.717) is 29.7 Å². The standard InChI is InChI=1S/C29H43NO2.C20H32O3.C9H13N.2CH4.H2S/c1-19(20-8-6-5-7-9-20)30(4)27(31)26-13-12-25-24-11-10-21-18-28(2,32)16-14-22(21)23(24)15-17-29(25,26)3;1-19(23)9-7-13-12(11-19)3-4-15-14(13)8-10-20(2)16(15)5-6-17(20)18(21)22;1-8(10-2)9-6-4-3-5-7-9;;;/h5-9,19,21-26,32H,10-18H2,1-4H3;12-17,23H,3-11H2,1-2H3,(H,21,22);3-8,10H,1-2H3;2*1H4;1H2/t19-,21+,22-,23+,24+,25-,26+,28+,29-;12-,13+,14-,15-,16+,17-,19-,20+;8-;;;/m010.../s1. The Morgan fingerprint density at radius 1 is 0.574 bits per heavy atom. The SMILES string of the molecule is C.C.CN[C@@H](C)c1ccccc1.C[C@@H](c1ccccc1)N(C)C(=O)[C@H]1CC[C@H]2[C@@H]3CC[C@@H]4C[C@](C)(O)CC[C@@H]4[C@H]3CC[C@]12C.C[C@@]1(O)CC[C@H]2[C@H](CC[C@@H]3[C@@H]2CC[C@]2(C)[C@@H](C(=O)O)CC[C@@H]32)C1.S. The highest BCUT2D eigenvalue weighted by atomic mass is 32.1. The average molecular weight is 960 g/mol. The maximum absolute atomic E-state index is 13.8.